The zero-order valence-electron chi connectivity index (χ0n) is 13.0. The molecule has 0 fully saturated rings. The number of amides is 1. The average Bonchev–Trinajstić information content (AvgIpc) is 2.41. The van der Waals surface area contributed by atoms with Crippen LogP contribution in [0.25, 0.3) is 0 Å². The molecule has 0 saturated heterocycles. The van der Waals surface area contributed by atoms with E-state index in [-0.39, 0.29) is 18.8 Å². The van der Waals surface area contributed by atoms with Gasteiger partial charge in [-0.2, -0.15) is 0 Å². The lowest BCUT2D eigenvalue weighted by Crippen LogP contribution is -2.47. The Hall–Kier alpha value is -2.91. The number of anilines is 1. The maximum Gasteiger partial charge on any atom is 0.407 e. The van der Waals surface area contributed by atoms with Crippen LogP contribution in [0.3, 0.4) is 0 Å². The molecule has 10 nitrogen and oxygen atoms in total. The summed E-state index contributed by atoms with van der Waals surface area (Å²) >= 11 is 0. The van der Waals surface area contributed by atoms with Gasteiger partial charge in [0, 0.05) is 30.8 Å². The Morgan fingerprint density at radius 1 is 1.22 bits per heavy atom. The van der Waals surface area contributed by atoms with Crippen LogP contribution in [0, 0.1) is 20.2 Å². The topological polar surface area (TPSA) is 139 Å². The number of hydrogen-bond donors (Lipinski definition) is 2. The highest BCUT2D eigenvalue weighted by Gasteiger charge is 2.27. The van der Waals surface area contributed by atoms with Crippen molar-refractivity contribution in [1.29, 1.82) is 0 Å². The van der Waals surface area contributed by atoms with Gasteiger partial charge in [0.05, 0.1) is 9.85 Å². The quantitative estimate of drug-likeness (QED) is 0.605. The Morgan fingerprint density at radius 3 is 2.04 bits per heavy atom. The largest absolute Gasteiger partial charge is 0.465 e. The maximum absolute atomic E-state index is 11.2. The molecule has 0 radical (unpaired) electrons. The van der Waals surface area contributed by atoms with Crippen LogP contribution >= 0.6 is 0 Å². The standard InChI is InChI=1S/C13H18N4O6/c1-13(2,3)15(12(18)19)8-7-14-11-9(16(20)21)5-4-6-10(11)17(22)23/h4-6,14H,7-8H2,1-3H3,(H,18,19). The molecule has 126 valence electrons. The zero-order chi connectivity index (χ0) is 17.8. The minimum atomic E-state index is -1.14. The monoisotopic (exact) mass is 326 g/mol. The number of para-hydroxylation sites is 1. The molecular formula is C13H18N4O6. The number of nitro benzene ring substituents is 2. The third kappa shape index (κ3) is 4.53. The van der Waals surface area contributed by atoms with Crippen molar-refractivity contribution < 1.29 is 19.7 Å². The van der Waals surface area contributed by atoms with Gasteiger partial charge in [0.2, 0.25) is 0 Å². The highest BCUT2D eigenvalue weighted by atomic mass is 16.6. The number of carboxylic acid groups (broad SMARTS) is 1. The minimum Gasteiger partial charge on any atom is -0.465 e. The summed E-state index contributed by atoms with van der Waals surface area (Å²) < 4.78 is 0. The average molecular weight is 326 g/mol. The number of nitrogens with one attached hydrogen (secondary N) is 1. The van der Waals surface area contributed by atoms with Gasteiger partial charge in [-0.25, -0.2) is 4.79 Å². The summed E-state index contributed by atoms with van der Waals surface area (Å²) in [6.45, 7) is 5.12. The summed E-state index contributed by atoms with van der Waals surface area (Å²) in [4.78, 5) is 32.9. The fourth-order valence-electron chi connectivity index (χ4n) is 2.02. The number of nitrogens with zero attached hydrogens (tertiary/aromatic N) is 3. The van der Waals surface area contributed by atoms with Crippen LogP contribution in [-0.2, 0) is 0 Å². The molecule has 23 heavy (non-hydrogen) atoms. The molecule has 0 aliphatic rings. The molecular weight excluding hydrogens is 308 g/mol. The molecule has 1 aromatic rings. The van der Waals surface area contributed by atoms with Gasteiger partial charge in [-0.1, -0.05) is 0 Å². The van der Waals surface area contributed by atoms with Crippen molar-refractivity contribution in [2.45, 2.75) is 26.3 Å². The Balaban J connectivity index is 2.99. The number of hydrogen-bond acceptors (Lipinski definition) is 6. The van der Waals surface area contributed by atoms with Crippen molar-refractivity contribution in [3.8, 4) is 0 Å². The van der Waals surface area contributed by atoms with E-state index in [4.69, 9.17) is 0 Å². The molecule has 10 heteroatoms. The molecule has 0 bridgehead atoms. The van der Waals surface area contributed by atoms with E-state index in [9.17, 15) is 30.1 Å². The Kier molecular flexibility index (Phi) is 5.44. The lowest BCUT2D eigenvalue weighted by Gasteiger charge is -2.33. The number of rotatable bonds is 6. The highest BCUT2D eigenvalue weighted by molar-refractivity contribution is 5.73. The zero-order valence-corrected chi connectivity index (χ0v) is 13.0. The van der Waals surface area contributed by atoms with Gasteiger partial charge >= 0.3 is 6.09 Å². The third-order valence-corrected chi connectivity index (χ3v) is 3.09. The van der Waals surface area contributed by atoms with E-state index in [1.165, 1.54) is 6.07 Å². The summed E-state index contributed by atoms with van der Waals surface area (Å²) in [6, 6.07) is 3.52. The van der Waals surface area contributed by atoms with Crippen molar-refractivity contribution in [3.63, 3.8) is 0 Å². The third-order valence-electron chi connectivity index (χ3n) is 3.09. The summed E-state index contributed by atoms with van der Waals surface area (Å²) in [5.74, 6) is 0. The van der Waals surface area contributed by atoms with Crippen LogP contribution in [0.1, 0.15) is 20.8 Å². The van der Waals surface area contributed by atoms with E-state index in [2.05, 4.69) is 5.32 Å². The van der Waals surface area contributed by atoms with E-state index in [1.54, 1.807) is 20.8 Å². The summed E-state index contributed by atoms with van der Waals surface area (Å²) in [5, 5.41) is 33.8. The second kappa shape index (κ2) is 6.90. The maximum atomic E-state index is 11.2. The number of benzene rings is 1. The van der Waals surface area contributed by atoms with Crippen molar-refractivity contribution in [2.24, 2.45) is 0 Å². The van der Waals surface area contributed by atoms with E-state index in [1.807, 2.05) is 0 Å². The van der Waals surface area contributed by atoms with Gasteiger partial charge in [-0.05, 0) is 26.8 Å². The summed E-state index contributed by atoms with van der Waals surface area (Å²) in [7, 11) is 0. The molecule has 0 unspecified atom stereocenters. The van der Waals surface area contributed by atoms with E-state index >= 15 is 0 Å². The van der Waals surface area contributed by atoms with Crippen molar-refractivity contribution in [2.75, 3.05) is 18.4 Å². The van der Waals surface area contributed by atoms with Gasteiger partial charge in [0.25, 0.3) is 11.4 Å². The van der Waals surface area contributed by atoms with E-state index < -0.39 is 32.9 Å². The molecule has 0 atom stereocenters. The van der Waals surface area contributed by atoms with Crippen LogP contribution in [-0.4, -0.2) is 44.6 Å². The lowest BCUT2D eigenvalue weighted by molar-refractivity contribution is -0.392. The van der Waals surface area contributed by atoms with Crippen LogP contribution in [0.4, 0.5) is 21.9 Å². The molecule has 2 N–H and O–H groups in total. The van der Waals surface area contributed by atoms with Crippen molar-refractivity contribution >= 4 is 23.2 Å². The molecule has 1 rings (SSSR count). The molecule has 1 aromatic carbocycles. The van der Waals surface area contributed by atoms with Crippen LogP contribution < -0.4 is 5.32 Å². The lowest BCUT2D eigenvalue weighted by atomic mass is 10.1. The predicted molar refractivity (Wildman–Crippen MR) is 82.7 cm³/mol. The molecule has 0 aliphatic carbocycles. The Labute approximate surface area is 132 Å². The van der Waals surface area contributed by atoms with Gasteiger partial charge in [0.1, 0.15) is 0 Å². The second-order valence-corrected chi connectivity index (χ2v) is 5.72. The Morgan fingerprint density at radius 2 is 1.70 bits per heavy atom. The smallest absolute Gasteiger partial charge is 0.407 e. The van der Waals surface area contributed by atoms with Gasteiger partial charge < -0.3 is 15.3 Å². The van der Waals surface area contributed by atoms with Crippen LogP contribution in [0.2, 0.25) is 0 Å². The SMILES string of the molecule is CC(C)(C)N(CCNc1c([N+](=O)[O-])cccc1[N+](=O)[O-])C(=O)O. The van der Waals surface area contributed by atoms with Crippen molar-refractivity contribution in [3.05, 3.63) is 38.4 Å². The highest BCUT2D eigenvalue weighted by Crippen LogP contribution is 2.33. The van der Waals surface area contributed by atoms with Crippen LogP contribution in [0.5, 0.6) is 0 Å². The van der Waals surface area contributed by atoms with E-state index in [0.717, 1.165) is 17.0 Å². The molecule has 0 aromatic heterocycles. The predicted octanol–water partition coefficient (Wildman–Crippen LogP) is 2.69. The fraction of sp³-hybridized carbons (Fsp3) is 0.462. The molecule has 0 aliphatic heterocycles. The van der Waals surface area contributed by atoms with E-state index in [0.29, 0.717) is 0 Å². The first kappa shape index (κ1) is 18.1. The first-order valence-corrected chi connectivity index (χ1v) is 6.72. The van der Waals surface area contributed by atoms with Crippen LogP contribution in [0.15, 0.2) is 18.2 Å². The number of nitro groups is 2. The normalized spacial score (nSPS) is 10.9. The van der Waals surface area contributed by atoms with Gasteiger partial charge in [-0.15, -0.1) is 0 Å². The minimum absolute atomic E-state index is 0.00470. The number of carbonyl (C=O) groups is 1. The first-order chi connectivity index (χ1) is 10.6. The fourth-order valence-corrected chi connectivity index (χ4v) is 2.02. The molecule has 0 spiro atoms. The first-order valence-electron chi connectivity index (χ1n) is 6.72. The van der Waals surface area contributed by atoms with Gasteiger partial charge in [-0.3, -0.25) is 20.2 Å². The molecule has 0 heterocycles. The second-order valence-electron chi connectivity index (χ2n) is 5.72. The van der Waals surface area contributed by atoms with Crippen molar-refractivity contribution in [1.82, 2.24) is 4.90 Å². The summed E-state index contributed by atoms with van der Waals surface area (Å²) in [6.07, 6.45) is -1.14. The Bertz CT molecular complexity index is 593. The molecule has 1 amide bonds. The molecule has 0 saturated carbocycles. The van der Waals surface area contributed by atoms with Gasteiger partial charge in [0.15, 0.2) is 5.69 Å². The summed E-state index contributed by atoms with van der Waals surface area (Å²) in [5.41, 5.74) is -1.77.